The Balaban J connectivity index is 1.16. The third-order valence-electron chi connectivity index (χ3n) is 7.10. The highest BCUT2D eigenvalue weighted by Gasteiger charge is 2.51. The number of rotatable bonds is 5. The summed E-state index contributed by atoms with van der Waals surface area (Å²) in [6, 6.07) is 24.0. The molecule has 1 saturated carbocycles. The number of amides is 1. The van der Waals surface area contributed by atoms with Crippen molar-refractivity contribution in [2.24, 2.45) is 0 Å². The van der Waals surface area contributed by atoms with Gasteiger partial charge in [-0.05, 0) is 78.2 Å². The Kier molecular flexibility index (Phi) is 7.41. The lowest BCUT2D eigenvalue weighted by Crippen LogP contribution is -2.34. The number of anilines is 3. The number of nitrogens with one attached hydrogen (secondary N) is 4. The number of carbonyl (C=O) groups is 1. The van der Waals surface area contributed by atoms with E-state index < -0.39 is 5.41 Å². The highest BCUT2D eigenvalue weighted by molar-refractivity contribution is 7.97. The van der Waals surface area contributed by atoms with Gasteiger partial charge in [-0.3, -0.25) is 9.52 Å². The fourth-order valence-electron chi connectivity index (χ4n) is 4.77. The fourth-order valence-corrected chi connectivity index (χ4v) is 5.70. The average molecular weight is 557 g/mol. The van der Waals surface area contributed by atoms with Crippen LogP contribution in [0.4, 0.5) is 17.5 Å². The largest absolute Gasteiger partial charge is 0.369 e. The van der Waals surface area contributed by atoms with E-state index in [4.69, 9.17) is 16.6 Å². The smallest absolute Gasteiger partial charge is 0.230 e. The van der Waals surface area contributed by atoms with Crippen LogP contribution >= 0.6 is 23.5 Å². The van der Waals surface area contributed by atoms with Gasteiger partial charge in [-0.25, -0.2) is 4.98 Å². The SMILES string of the molecule is O=C(NCc1ccc(-c2cnc3nc2NCCCNSc2cccc(c2)N3)cc1)C1(c2cccc(Cl)c2)CC1. The minimum absolute atomic E-state index is 0.0548. The van der Waals surface area contributed by atoms with Crippen LogP contribution < -0.4 is 20.7 Å². The summed E-state index contributed by atoms with van der Waals surface area (Å²) in [7, 11) is 0. The highest BCUT2D eigenvalue weighted by Crippen LogP contribution is 2.49. The summed E-state index contributed by atoms with van der Waals surface area (Å²) in [6.45, 7) is 2.13. The Morgan fingerprint density at radius 1 is 1.03 bits per heavy atom. The summed E-state index contributed by atoms with van der Waals surface area (Å²) in [5.41, 5.74) is 4.45. The molecular weight excluding hydrogens is 528 g/mol. The first-order chi connectivity index (χ1) is 19.1. The topological polar surface area (TPSA) is 91.0 Å². The lowest BCUT2D eigenvalue weighted by molar-refractivity contribution is -0.123. The molecule has 6 rings (SSSR count). The first-order valence-corrected chi connectivity index (χ1v) is 14.3. The maximum atomic E-state index is 13.1. The predicted molar refractivity (Wildman–Crippen MR) is 158 cm³/mol. The molecular formula is C30H29ClN6OS. The standard InChI is InChI=1S/C30H29ClN6OS/c31-23-5-1-4-22(16-23)30(12-13-30)28(38)33-18-20-8-10-21(11-9-20)26-19-34-29-36-24-6-2-7-25(17-24)39-35-15-3-14-32-27(26)37-29/h1-2,4-11,16-17,19,35H,3,12-15,18H2,(H,33,38)(H2,32,34,36,37). The number of benzene rings is 3. The Morgan fingerprint density at radius 2 is 1.87 bits per heavy atom. The summed E-state index contributed by atoms with van der Waals surface area (Å²) in [5, 5.41) is 10.6. The molecule has 0 atom stereocenters. The Bertz CT molecular complexity index is 1490. The van der Waals surface area contributed by atoms with Gasteiger partial charge in [0.1, 0.15) is 5.82 Å². The zero-order valence-corrected chi connectivity index (χ0v) is 22.9. The number of aromatic nitrogens is 2. The van der Waals surface area contributed by atoms with E-state index in [0.29, 0.717) is 17.5 Å². The molecule has 1 aliphatic heterocycles. The fraction of sp³-hybridized carbons (Fsp3) is 0.233. The number of nitrogens with zero attached hydrogens (tertiary/aromatic N) is 2. The van der Waals surface area contributed by atoms with Gasteiger partial charge in [0.2, 0.25) is 11.9 Å². The minimum atomic E-state index is -0.451. The molecule has 2 aliphatic rings. The van der Waals surface area contributed by atoms with Gasteiger partial charge in [-0.1, -0.05) is 54.1 Å². The van der Waals surface area contributed by atoms with E-state index in [1.54, 1.807) is 11.9 Å². The Hall–Kier alpha value is -3.59. The van der Waals surface area contributed by atoms with Crippen molar-refractivity contribution in [3.63, 3.8) is 0 Å². The summed E-state index contributed by atoms with van der Waals surface area (Å²) >= 11 is 7.79. The van der Waals surface area contributed by atoms with E-state index in [1.807, 2.05) is 54.7 Å². The molecule has 198 valence electrons. The quantitative estimate of drug-likeness (QED) is 0.214. The molecule has 2 heterocycles. The highest BCUT2D eigenvalue weighted by atomic mass is 35.5. The molecule has 1 fully saturated rings. The number of fused-ring (bicyclic) bond motifs is 4. The van der Waals surface area contributed by atoms with Crippen molar-refractivity contribution in [3.8, 4) is 11.1 Å². The molecule has 4 N–H and O–H groups in total. The number of halogens is 1. The van der Waals surface area contributed by atoms with E-state index in [-0.39, 0.29) is 5.91 Å². The Labute approximate surface area is 237 Å². The van der Waals surface area contributed by atoms with Crippen molar-refractivity contribution in [2.45, 2.75) is 36.1 Å². The molecule has 3 aromatic carbocycles. The number of hydrogen-bond acceptors (Lipinski definition) is 7. The second-order valence-corrected chi connectivity index (χ2v) is 11.3. The summed E-state index contributed by atoms with van der Waals surface area (Å²) < 4.78 is 3.41. The molecule has 0 saturated heterocycles. The minimum Gasteiger partial charge on any atom is -0.369 e. The number of carbonyl (C=O) groups excluding carboxylic acids is 1. The zero-order chi connectivity index (χ0) is 26.7. The van der Waals surface area contributed by atoms with Gasteiger partial charge >= 0.3 is 0 Å². The van der Waals surface area contributed by atoms with Crippen LogP contribution in [0.5, 0.6) is 0 Å². The first kappa shape index (κ1) is 25.7. The lowest BCUT2D eigenvalue weighted by Gasteiger charge is -2.16. The van der Waals surface area contributed by atoms with Gasteiger partial charge in [0.15, 0.2) is 0 Å². The predicted octanol–water partition coefficient (Wildman–Crippen LogP) is 6.30. The van der Waals surface area contributed by atoms with E-state index in [9.17, 15) is 4.79 Å². The van der Waals surface area contributed by atoms with Gasteiger partial charge < -0.3 is 16.0 Å². The van der Waals surface area contributed by atoms with Gasteiger partial charge in [-0.2, -0.15) is 4.98 Å². The van der Waals surface area contributed by atoms with Crippen molar-refractivity contribution in [3.05, 3.63) is 95.1 Å². The molecule has 7 nitrogen and oxygen atoms in total. The van der Waals surface area contributed by atoms with Crippen LogP contribution in [0.2, 0.25) is 5.02 Å². The maximum Gasteiger partial charge on any atom is 0.230 e. The molecule has 1 aliphatic carbocycles. The molecule has 0 spiro atoms. The molecule has 1 amide bonds. The van der Waals surface area contributed by atoms with E-state index >= 15 is 0 Å². The third kappa shape index (κ3) is 5.88. The van der Waals surface area contributed by atoms with Crippen molar-refractivity contribution in [2.75, 3.05) is 23.7 Å². The summed E-state index contributed by atoms with van der Waals surface area (Å²) in [5.74, 6) is 1.39. The summed E-state index contributed by atoms with van der Waals surface area (Å²) in [6.07, 6.45) is 4.50. The molecule has 4 aromatic rings. The van der Waals surface area contributed by atoms with Crippen molar-refractivity contribution < 1.29 is 4.79 Å². The lowest BCUT2D eigenvalue weighted by atomic mass is 9.95. The van der Waals surface area contributed by atoms with Crippen LogP contribution in [0.1, 0.15) is 30.4 Å². The molecule has 0 radical (unpaired) electrons. The first-order valence-electron chi connectivity index (χ1n) is 13.1. The van der Waals surface area contributed by atoms with E-state index in [2.05, 4.69) is 49.9 Å². The zero-order valence-electron chi connectivity index (χ0n) is 21.3. The second-order valence-electron chi connectivity index (χ2n) is 9.86. The van der Waals surface area contributed by atoms with Crippen LogP contribution in [0.3, 0.4) is 0 Å². The number of hydrogen-bond donors (Lipinski definition) is 4. The average Bonchev–Trinajstić information content (AvgIpc) is 3.76. The summed E-state index contributed by atoms with van der Waals surface area (Å²) in [4.78, 5) is 23.6. The van der Waals surface area contributed by atoms with E-state index in [1.165, 1.54) is 0 Å². The van der Waals surface area contributed by atoms with Crippen LogP contribution in [0.15, 0.2) is 83.9 Å². The van der Waals surface area contributed by atoms with Gasteiger partial charge in [0.25, 0.3) is 0 Å². The van der Waals surface area contributed by atoms with Crippen molar-refractivity contribution in [1.29, 1.82) is 0 Å². The van der Waals surface area contributed by atoms with Crippen LogP contribution in [0.25, 0.3) is 11.1 Å². The molecule has 39 heavy (non-hydrogen) atoms. The normalized spacial score (nSPS) is 15.9. The molecule has 0 unspecified atom stereocenters. The van der Waals surface area contributed by atoms with Crippen LogP contribution in [-0.2, 0) is 16.8 Å². The van der Waals surface area contributed by atoms with Crippen LogP contribution in [-0.4, -0.2) is 29.0 Å². The van der Waals surface area contributed by atoms with Gasteiger partial charge in [0.05, 0.1) is 5.41 Å². The van der Waals surface area contributed by atoms with E-state index in [0.717, 1.165) is 71.0 Å². The van der Waals surface area contributed by atoms with Crippen LogP contribution in [0, 0.1) is 0 Å². The van der Waals surface area contributed by atoms with Crippen molar-refractivity contribution >= 4 is 46.9 Å². The molecule has 9 heteroatoms. The Morgan fingerprint density at radius 3 is 2.69 bits per heavy atom. The van der Waals surface area contributed by atoms with Gasteiger partial charge in [0, 0.05) is 47.0 Å². The third-order valence-corrected chi connectivity index (χ3v) is 8.17. The van der Waals surface area contributed by atoms with Gasteiger partial charge in [-0.15, -0.1) is 0 Å². The molecule has 4 bridgehead atoms. The molecule has 1 aromatic heterocycles. The second kappa shape index (κ2) is 11.3. The monoisotopic (exact) mass is 556 g/mol. The van der Waals surface area contributed by atoms with Crippen molar-refractivity contribution in [1.82, 2.24) is 20.0 Å². The maximum absolute atomic E-state index is 13.1.